The molecule has 0 spiro atoms. The van der Waals surface area contributed by atoms with E-state index in [-0.39, 0.29) is 24.0 Å². The molecule has 10 heteroatoms. The Balaban J connectivity index is 1.40. The molecule has 0 bridgehead atoms. The van der Waals surface area contributed by atoms with Gasteiger partial charge in [0.15, 0.2) is 5.76 Å². The van der Waals surface area contributed by atoms with Gasteiger partial charge in [0, 0.05) is 22.8 Å². The van der Waals surface area contributed by atoms with Gasteiger partial charge < -0.3 is 18.7 Å². The number of hydrogen-bond acceptors (Lipinski definition) is 5. The topological polar surface area (TPSA) is 86.1 Å². The highest BCUT2D eigenvalue weighted by Gasteiger charge is 2.30. The first-order chi connectivity index (χ1) is 15.9. The Bertz CT molecular complexity index is 1420. The second kappa shape index (κ2) is 7.97. The molecule has 0 aliphatic heterocycles. The number of fused-ring (bicyclic) bond motifs is 1. The molecule has 0 saturated carbocycles. The summed E-state index contributed by atoms with van der Waals surface area (Å²) in [4.78, 5) is 12.6. The predicted octanol–water partition coefficient (Wildman–Crippen LogP) is 5.61. The molecule has 1 amide bonds. The number of nitrogens with zero attached hydrogens (tertiary/aromatic N) is 3. The maximum atomic E-state index is 12.7. The van der Waals surface area contributed by atoms with Crippen molar-refractivity contribution < 1.29 is 26.8 Å². The number of hydrogen-bond donors (Lipinski definition) is 1. The van der Waals surface area contributed by atoms with E-state index in [0.29, 0.717) is 11.3 Å². The monoisotopic (exact) mass is 452 g/mol. The van der Waals surface area contributed by atoms with Crippen LogP contribution in [0.2, 0.25) is 0 Å². The van der Waals surface area contributed by atoms with Crippen molar-refractivity contribution in [2.45, 2.75) is 12.7 Å². The molecule has 3 aromatic heterocycles. The van der Waals surface area contributed by atoms with Gasteiger partial charge in [0.25, 0.3) is 5.89 Å². The summed E-state index contributed by atoms with van der Waals surface area (Å²) in [7, 11) is 0. The number of carbonyl (C=O) groups excluding carboxylic acids is 1. The zero-order valence-corrected chi connectivity index (χ0v) is 16.8. The minimum atomic E-state index is -4.44. The van der Waals surface area contributed by atoms with Crippen molar-refractivity contribution in [1.29, 1.82) is 0 Å². The molecule has 7 nitrogen and oxygen atoms in total. The molecular weight excluding hydrogens is 437 g/mol. The lowest BCUT2D eigenvalue weighted by Crippen LogP contribution is -2.18. The fourth-order valence-corrected chi connectivity index (χ4v) is 3.48. The lowest BCUT2D eigenvalue weighted by Gasteiger charge is -2.09. The number of furan rings is 1. The maximum Gasteiger partial charge on any atom is 0.416 e. The van der Waals surface area contributed by atoms with Crippen LogP contribution in [0.5, 0.6) is 0 Å². The minimum Gasteiger partial charge on any atom is -0.459 e. The van der Waals surface area contributed by atoms with Crippen molar-refractivity contribution in [3.63, 3.8) is 0 Å². The highest BCUT2D eigenvalue weighted by molar-refractivity contribution is 5.96. The van der Waals surface area contributed by atoms with Crippen LogP contribution in [0.25, 0.3) is 34.0 Å². The highest BCUT2D eigenvalue weighted by atomic mass is 19.4. The summed E-state index contributed by atoms with van der Waals surface area (Å²) in [6, 6.07) is 15.1. The van der Waals surface area contributed by atoms with Gasteiger partial charge in [0.05, 0.1) is 17.4 Å². The Morgan fingerprint density at radius 1 is 0.970 bits per heavy atom. The van der Waals surface area contributed by atoms with E-state index in [4.69, 9.17) is 8.83 Å². The Hall–Kier alpha value is -4.34. The number of rotatable bonds is 5. The van der Waals surface area contributed by atoms with Gasteiger partial charge in [-0.05, 0) is 42.5 Å². The molecule has 0 atom stereocenters. The van der Waals surface area contributed by atoms with Crippen molar-refractivity contribution in [3.8, 4) is 23.1 Å². The van der Waals surface area contributed by atoms with E-state index in [1.165, 1.54) is 18.4 Å². The predicted molar refractivity (Wildman–Crippen MR) is 113 cm³/mol. The largest absolute Gasteiger partial charge is 0.459 e. The van der Waals surface area contributed by atoms with Crippen molar-refractivity contribution in [3.05, 3.63) is 78.7 Å². The Kier molecular flexibility index (Phi) is 4.97. The van der Waals surface area contributed by atoms with E-state index in [0.717, 1.165) is 23.0 Å². The summed E-state index contributed by atoms with van der Waals surface area (Å²) in [6.07, 6.45) is -1.22. The molecule has 0 fully saturated rings. The third kappa shape index (κ3) is 4.10. The zero-order valence-electron chi connectivity index (χ0n) is 16.8. The van der Waals surface area contributed by atoms with Gasteiger partial charge in [-0.15, -0.1) is 10.2 Å². The van der Waals surface area contributed by atoms with Crippen LogP contribution in [-0.4, -0.2) is 20.7 Å². The molecule has 2 aromatic carbocycles. The van der Waals surface area contributed by atoms with Crippen molar-refractivity contribution in [1.82, 2.24) is 14.8 Å². The molecule has 166 valence electrons. The normalized spacial score (nSPS) is 11.7. The van der Waals surface area contributed by atoms with Crippen LogP contribution in [0.4, 0.5) is 18.9 Å². The second-order valence-electron chi connectivity index (χ2n) is 7.20. The van der Waals surface area contributed by atoms with Crippen molar-refractivity contribution >= 4 is 22.5 Å². The summed E-state index contributed by atoms with van der Waals surface area (Å²) >= 11 is 0. The van der Waals surface area contributed by atoms with E-state index in [1.54, 1.807) is 22.9 Å². The number of aromatic nitrogens is 3. The van der Waals surface area contributed by atoms with E-state index in [1.807, 2.05) is 24.3 Å². The number of anilines is 1. The molecule has 0 radical (unpaired) electrons. The number of amides is 1. The summed E-state index contributed by atoms with van der Waals surface area (Å²) in [5.41, 5.74) is 0.880. The number of carbonyl (C=O) groups is 1. The molecule has 0 saturated heterocycles. The molecular formula is C23H15F3N4O3. The maximum absolute atomic E-state index is 12.7. The third-order valence-corrected chi connectivity index (χ3v) is 4.99. The fraction of sp³-hybridized carbons (Fsp3) is 0.0870. The van der Waals surface area contributed by atoms with Crippen molar-refractivity contribution in [2.24, 2.45) is 0 Å². The molecule has 0 aliphatic carbocycles. The molecule has 5 rings (SSSR count). The van der Waals surface area contributed by atoms with Gasteiger partial charge in [-0.3, -0.25) is 4.79 Å². The van der Waals surface area contributed by atoms with E-state index in [9.17, 15) is 18.0 Å². The van der Waals surface area contributed by atoms with Crippen molar-refractivity contribution in [2.75, 3.05) is 5.32 Å². The summed E-state index contributed by atoms with van der Waals surface area (Å²) in [5, 5.41) is 11.5. The smallest absolute Gasteiger partial charge is 0.416 e. The van der Waals surface area contributed by atoms with Gasteiger partial charge in [0.2, 0.25) is 11.8 Å². The molecule has 0 unspecified atom stereocenters. The third-order valence-electron chi connectivity index (χ3n) is 4.99. The van der Waals surface area contributed by atoms with Crippen LogP contribution in [0.15, 0.2) is 82.0 Å². The van der Waals surface area contributed by atoms with Crippen LogP contribution >= 0.6 is 0 Å². The molecule has 1 N–H and O–H groups in total. The summed E-state index contributed by atoms with van der Waals surface area (Å²) in [5.74, 6) is 0.531. The first kappa shape index (κ1) is 20.6. The van der Waals surface area contributed by atoms with E-state index < -0.39 is 17.6 Å². The summed E-state index contributed by atoms with van der Waals surface area (Å²) in [6.45, 7) is -0.0687. The van der Waals surface area contributed by atoms with E-state index >= 15 is 0 Å². The van der Waals surface area contributed by atoms with Gasteiger partial charge >= 0.3 is 6.18 Å². The van der Waals surface area contributed by atoms with Gasteiger partial charge in [-0.2, -0.15) is 13.2 Å². The minimum absolute atomic E-state index is 0.0687. The average Bonchev–Trinajstić information content (AvgIpc) is 3.54. The number of nitrogens with one attached hydrogen (secondary N) is 1. The molecule has 5 aromatic rings. The standard InChI is InChI=1S/C23H15F3N4O3/c24-23(25,26)14-7-9-15(10-8-14)27-20(31)13-30-12-17(16-4-1-2-5-18(16)30)21-28-29-22(33-21)19-6-3-11-32-19/h1-12H,13H2,(H,27,31). The SMILES string of the molecule is O=C(Cn1cc(-c2nnc(-c3ccco3)o2)c2ccccc21)Nc1ccc(C(F)(F)F)cc1. The van der Waals surface area contributed by atoms with Crippen LogP contribution in [0.1, 0.15) is 5.56 Å². The van der Waals surface area contributed by atoms with Gasteiger partial charge in [-0.25, -0.2) is 0 Å². The fourth-order valence-electron chi connectivity index (χ4n) is 3.48. The number of para-hydroxylation sites is 1. The average molecular weight is 452 g/mol. The second-order valence-corrected chi connectivity index (χ2v) is 7.20. The lowest BCUT2D eigenvalue weighted by atomic mass is 10.2. The Morgan fingerprint density at radius 2 is 1.73 bits per heavy atom. The zero-order chi connectivity index (χ0) is 23.0. The van der Waals surface area contributed by atoms with Crippen LogP contribution < -0.4 is 5.32 Å². The quantitative estimate of drug-likeness (QED) is 0.375. The number of benzene rings is 2. The highest BCUT2D eigenvalue weighted by Crippen LogP contribution is 2.32. The van der Waals surface area contributed by atoms with Crippen LogP contribution in [0.3, 0.4) is 0 Å². The number of alkyl halides is 3. The Labute approximate surface area is 184 Å². The summed E-state index contributed by atoms with van der Waals surface area (Å²) < 4.78 is 50.9. The Morgan fingerprint density at radius 3 is 2.45 bits per heavy atom. The first-order valence-corrected chi connectivity index (χ1v) is 9.81. The molecule has 3 heterocycles. The molecule has 33 heavy (non-hydrogen) atoms. The van der Waals surface area contributed by atoms with E-state index in [2.05, 4.69) is 15.5 Å². The van der Waals surface area contributed by atoms with Crippen LogP contribution in [-0.2, 0) is 17.5 Å². The molecule has 0 aliphatic rings. The van der Waals surface area contributed by atoms with Crippen LogP contribution in [0, 0.1) is 0 Å². The first-order valence-electron chi connectivity index (χ1n) is 9.81. The van der Waals surface area contributed by atoms with Gasteiger partial charge in [0.1, 0.15) is 6.54 Å². The number of halogens is 3. The van der Waals surface area contributed by atoms with Gasteiger partial charge in [-0.1, -0.05) is 18.2 Å². The lowest BCUT2D eigenvalue weighted by molar-refractivity contribution is -0.137.